The molecule has 0 aliphatic carbocycles. The summed E-state index contributed by atoms with van der Waals surface area (Å²) in [6.45, 7) is 4.35. The minimum Gasteiger partial charge on any atom is -0.391 e. The van der Waals surface area contributed by atoms with Crippen molar-refractivity contribution in [3.8, 4) is 0 Å². The average Bonchev–Trinajstić information content (AvgIpc) is 2.45. The van der Waals surface area contributed by atoms with Gasteiger partial charge in [-0.25, -0.2) is 13.1 Å². The second-order valence-corrected chi connectivity index (χ2v) is 8.50. The van der Waals surface area contributed by atoms with Crippen molar-refractivity contribution < 1.29 is 18.3 Å². The van der Waals surface area contributed by atoms with Gasteiger partial charge in [0, 0.05) is 13.1 Å². The van der Waals surface area contributed by atoms with Crippen LogP contribution in [0.1, 0.15) is 26.7 Å². The van der Waals surface area contributed by atoms with Crippen molar-refractivity contribution in [3.63, 3.8) is 0 Å². The predicted octanol–water partition coefficient (Wildman–Crippen LogP) is 0.277. The van der Waals surface area contributed by atoms with Crippen molar-refractivity contribution in [1.82, 2.24) is 9.62 Å². The topological polar surface area (TPSA) is 86.7 Å². The number of hydrogen-bond donors (Lipinski definition) is 2. The van der Waals surface area contributed by atoms with Gasteiger partial charge in [-0.1, -0.05) is 6.92 Å². The van der Waals surface area contributed by atoms with E-state index >= 15 is 0 Å². The number of nitrogens with one attached hydrogen (secondary N) is 1. The van der Waals surface area contributed by atoms with Crippen molar-refractivity contribution in [1.29, 1.82) is 0 Å². The van der Waals surface area contributed by atoms with Gasteiger partial charge in [-0.05, 0) is 37.7 Å². The zero-order valence-corrected chi connectivity index (χ0v) is 14.5. The van der Waals surface area contributed by atoms with Crippen LogP contribution in [0.3, 0.4) is 0 Å². The third kappa shape index (κ3) is 5.77. The highest BCUT2D eigenvalue weighted by Gasteiger charge is 2.32. The molecule has 0 radical (unpaired) electrons. The number of carbonyl (C=O) groups is 1. The molecule has 1 rings (SSSR count). The summed E-state index contributed by atoms with van der Waals surface area (Å²) in [5, 5.41) is 9.90. The van der Waals surface area contributed by atoms with Gasteiger partial charge in [0.2, 0.25) is 15.9 Å². The Hall–Kier alpha value is -0.310. The smallest absolute Gasteiger partial charge is 0.240 e. The minimum atomic E-state index is -3.43. The summed E-state index contributed by atoms with van der Waals surface area (Å²) in [4.78, 5) is 14.1. The quantitative estimate of drug-likeness (QED) is 0.696. The highest BCUT2D eigenvalue weighted by Crippen LogP contribution is 2.18. The summed E-state index contributed by atoms with van der Waals surface area (Å²) in [5.74, 6) is 0.601. The number of likely N-dealkylation sites (tertiary alicyclic amines) is 1. The third-order valence-electron chi connectivity index (χ3n) is 3.84. The number of carbonyl (C=O) groups excluding carboxylic acids is 1. The summed E-state index contributed by atoms with van der Waals surface area (Å²) in [6.07, 6.45) is 2.58. The molecule has 0 aromatic heterocycles. The fraction of sp³-hybridized carbons (Fsp3) is 0.923. The number of hydrogen-bond acceptors (Lipinski definition) is 5. The zero-order chi connectivity index (χ0) is 16.0. The molecule has 6 nitrogen and oxygen atoms in total. The molecule has 0 saturated carbocycles. The molecule has 0 spiro atoms. The second kappa shape index (κ2) is 8.36. The van der Waals surface area contributed by atoms with E-state index in [0.29, 0.717) is 18.7 Å². The Morgan fingerprint density at radius 3 is 2.71 bits per heavy atom. The fourth-order valence-corrected chi connectivity index (χ4v) is 3.53. The van der Waals surface area contributed by atoms with Crippen molar-refractivity contribution in [3.05, 3.63) is 0 Å². The molecule has 8 heteroatoms. The SMILES string of the molecule is CCS(=O)(=O)NC(CCSC)C(=O)N1CCC(C)C(O)C1. The molecule has 3 unspecified atom stereocenters. The molecule has 3 atom stereocenters. The van der Waals surface area contributed by atoms with Gasteiger partial charge in [-0.3, -0.25) is 4.79 Å². The molecule has 2 N–H and O–H groups in total. The Bertz CT molecular complexity index is 441. The Balaban J connectivity index is 2.75. The van der Waals surface area contributed by atoms with Gasteiger partial charge in [-0.15, -0.1) is 0 Å². The van der Waals surface area contributed by atoms with Crippen molar-refractivity contribution >= 4 is 27.7 Å². The first-order valence-electron chi connectivity index (χ1n) is 7.26. The minimum absolute atomic E-state index is 0.0459. The number of amides is 1. The molecular formula is C13H26N2O4S2. The maximum atomic E-state index is 12.5. The van der Waals surface area contributed by atoms with E-state index in [4.69, 9.17) is 0 Å². The lowest BCUT2D eigenvalue weighted by Crippen LogP contribution is -2.54. The van der Waals surface area contributed by atoms with Gasteiger partial charge in [0.1, 0.15) is 6.04 Å². The number of β-amino-alcohol motifs (C(OH)–C–C–N with tert-alkyl or cyclic N) is 1. The summed E-state index contributed by atoms with van der Waals surface area (Å²) in [7, 11) is -3.43. The van der Waals surface area contributed by atoms with Crippen LogP contribution in [0.2, 0.25) is 0 Å². The first kappa shape index (κ1) is 18.7. The molecule has 1 amide bonds. The van der Waals surface area contributed by atoms with Gasteiger partial charge < -0.3 is 10.0 Å². The number of piperidine rings is 1. The van der Waals surface area contributed by atoms with Crippen LogP contribution in [-0.2, 0) is 14.8 Å². The lowest BCUT2D eigenvalue weighted by atomic mass is 9.95. The van der Waals surface area contributed by atoms with Gasteiger partial charge in [0.15, 0.2) is 0 Å². The number of nitrogens with zero attached hydrogens (tertiary/aromatic N) is 1. The molecule has 21 heavy (non-hydrogen) atoms. The molecule has 1 aliphatic heterocycles. The van der Waals surface area contributed by atoms with Crippen molar-refractivity contribution in [2.24, 2.45) is 5.92 Å². The molecular weight excluding hydrogens is 312 g/mol. The van der Waals surface area contributed by atoms with E-state index in [9.17, 15) is 18.3 Å². The van der Waals surface area contributed by atoms with E-state index < -0.39 is 22.2 Å². The zero-order valence-electron chi connectivity index (χ0n) is 12.9. The summed E-state index contributed by atoms with van der Waals surface area (Å²) in [6, 6.07) is -0.733. The summed E-state index contributed by atoms with van der Waals surface area (Å²) in [5.41, 5.74) is 0. The maximum absolute atomic E-state index is 12.5. The number of aliphatic hydroxyl groups excluding tert-OH is 1. The van der Waals surface area contributed by atoms with Crippen LogP contribution < -0.4 is 4.72 Å². The highest BCUT2D eigenvalue weighted by molar-refractivity contribution is 7.98. The molecule has 1 heterocycles. The van der Waals surface area contributed by atoms with E-state index in [2.05, 4.69) is 4.72 Å². The molecule has 0 bridgehead atoms. The van der Waals surface area contributed by atoms with E-state index in [1.54, 1.807) is 23.6 Å². The third-order valence-corrected chi connectivity index (χ3v) is 5.89. The van der Waals surface area contributed by atoms with E-state index in [1.165, 1.54) is 0 Å². The first-order chi connectivity index (χ1) is 9.80. The Kier molecular flexibility index (Phi) is 7.46. The maximum Gasteiger partial charge on any atom is 0.240 e. The van der Waals surface area contributed by atoms with Crippen LogP contribution in [0.5, 0.6) is 0 Å². The molecule has 1 aliphatic rings. The lowest BCUT2D eigenvalue weighted by molar-refractivity contribution is -0.137. The molecule has 1 fully saturated rings. The predicted molar refractivity (Wildman–Crippen MR) is 85.8 cm³/mol. The fourth-order valence-electron chi connectivity index (χ4n) is 2.24. The van der Waals surface area contributed by atoms with Crippen LogP contribution in [0.4, 0.5) is 0 Å². The Labute approximate surface area is 131 Å². The van der Waals surface area contributed by atoms with Crippen LogP contribution in [0.15, 0.2) is 0 Å². The van der Waals surface area contributed by atoms with Gasteiger partial charge >= 0.3 is 0 Å². The van der Waals surface area contributed by atoms with Crippen molar-refractivity contribution in [2.45, 2.75) is 38.8 Å². The van der Waals surface area contributed by atoms with Gasteiger partial charge in [0.05, 0.1) is 11.9 Å². The Morgan fingerprint density at radius 2 is 2.19 bits per heavy atom. The van der Waals surface area contributed by atoms with Crippen molar-refractivity contribution in [2.75, 3.05) is 30.9 Å². The van der Waals surface area contributed by atoms with Crippen LogP contribution in [0.25, 0.3) is 0 Å². The van der Waals surface area contributed by atoms with Crippen LogP contribution in [-0.4, -0.2) is 67.3 Å². The monoisotopic (exact) mass is 338 g/mol. The number of aliphatic hydroxyl groups is 1. The number of thioether (sulfide) groups is 1. The average molecular weight is 338 g/mol. The molecule has 1 saturated heterocycles. The summed E-state index contributed by atoms with van der Waals surface area (Å²) < 4.78 is 26.0. The van der Waals surface area contributed by atoms with Crippen LogP contribution in [0, 0.1) is 5.92 Å². The normalized spacial score (nSPS) is 24.9. The second-order valence-electron chi connectivity index (χ2n) is 5.47. The number of sulfonamides is 1. The molecule has 0 aromatic rings. The standard InChI is InChI=1S/C13H26N2O4S2/c1-4-21(18,19)14-11(6-8-20-3)13(17)15-7-5-10(2)12(16)9-15/h10-12,14,16H,4-9H2,1-3H3. The molecule has 0 aromatic carbocycles. The first-order valence-corrected chi connectivity index (χ1v) is 10.3. The van der Waals surface area contributed by atoms with E-state index in [-0.39, 0.29) is 24.1 Å². The van der Waals surface area contributed by atoms with E-state index in [1.807, 2.05) is 13.2 Å². The number of rotatable bonds is 7. The summed E-state index contributed by atoms with van der Waals surface area (Å²) >= 11 is 1.57. The van der Waals surface area contributed by atoms with Gasteiger partial charge in [0.25, 0.3) is 0 Å². The lowest BCUT2D eigenvalue weighted by Gasteiger charge is -2.36. The van der Waals surface area contributed by atoms with E-state index in [0.717, 1.165) is 6.42 Å². The van der Waals surface area contributed by atoms with Gasteiger partial charge in [-0.2, -0.15) is 11.8 Å². The highest BCUT2D eigenvalue weighted by atomic mass is 32.2. The largest absolute Gasteiger partial charge is 0.391 e. The molecule has 124 valence electrons. The van der Waals surface area contributed by atoms with Crippen LogP contribution >= 0.6 is 11.8 Å². The Morgan fingerprint density at radius 1 is 1.52 bits per heavy atom.